The van der Waals surface area contributed by atoms with Gasteiger partial charge < -0.3 is 19.5 Å². The zero-order valence-electron chi connectivity index (χ0n) is 22.4. The van der Waals surface area contributed by atoms with Crippen LogP contribution in [0.4, 0.5) is 16.2 Å². The number of thioether (sulfide) groups is 1. The molecule has 0 saturated carbocycles. The summed E-state index contributed by atoms with van der Waals surface area (Å²) in [6.45, 7) is 2.69. The van der Waals surface area contributed by atoms with Crippen LogP contribution in [-0.4, -0.2) is 59.4 Å². The number of carbonyl (C=O) groups excluding carboxylic acids is 3. The molecule has 2 fully saturated rings. The Labute approximate surface area is 256 Å². The Kier molecular flexibility index (Phi) is 8.26. The largest absolute Gasteiger partial charge is 0.378 e. The molecule has 11 heteroatoms. The van der Waals surface area contributed by atoms with Crippen LogP contribution in [0.2, 0.25) is 10.0 Å². The first-order valence-electron chi connectivity index (χ1n) is 13.4. The lowest BCUT2D eigenvalue weighted by atomic mass is 10.1. The van der Waals surface area contributed by atoms with Crippen LogP contribution in [-0.2, 0) is 20.9 Å². The summed E-state index contributed by atoms with van der Waals surface area (Å²) in [5.41, 5.74) is 3.98. The number of fused-ring (bicyclic) bond motifs is 1. The summed E-state index contributed by atoms with van der Waals surface area (Å²) >= 11 is 13.7. The van der Waals surface area contributed by atoms with Crippen LogP contribution in [0.5, 0.6) is 0 Å². The van der Waals surface area contributed by atoms with E-state index in [2.05, 4.69) is 10.2 Å². The Morgan fingerprint density at radius 2 is 1.67 bits per heavy atom. The molecule has 1 aromatic heterocycles. The van der Waals surface area contributed by atoms with Crippen LogP contribution in [0.3, 0.4) is 0 Å². The molecule has 0 unspecified atom stereocenters. The van der Waals surface area contributed by atoms with E-state index >= 15 is 0 Å². The third kappa shape index (κ3) is 5.78. The number of amides is 3. The predicted octanol–water partition coefficient (Wildman–Crippen LogP) is 6.51. The van der Waals surface area contributed by atoms with E-state index in [0.29, 0.717) is 48.6 Å². The van der Waals surface area contributed by atoms with Gasteiger partial charge in [-0.3, -0.25) is 19.3 Å². The molecule has 3 amide bonds. The minimum atomic E-state index is -0.507. The molecular weight excluding hydrogens is 595 g/mol. The maximum Gasteiger partial charge on any atom is 0.294 e. The number of aromatic nitrogens is 1. The molecule has 0 radical (unpaired) electrons. The monoisotopic (exact) mass is 620 g/mol. The highest BCUT2D eigenvalue weighted by molar-refractivity contribution is 8.18. The molecule has 4 aromatic rings. The molecule has 3 aromatic carbocycles. The van der Waals surface area contributed by atoms with Gasteiger partial charge >= 0.3 is 0 Å². The summed E-state index contributed by atoms with van der Waals surface area (Å²) in [5, 5.41) is 4.42. The second-order valence-electron chi connectivity index (χ2n) is 9.86. The molecule has 0 spiro atoms. The quantitative estimate of drug-likeness (QED) is 0.237. The molecule has 214 valence electrons. The van der Waals surface area contributed by atoms with Gasteiger partial charge in [0.2, 0.25) is 5.91 Å². The molecule has 8 nitrogen and oxygen atoms in total. The van der Waals surface area contributed by atoms with Crippen molar-refractivity contribution < 1.29 is 19.1 Å². The molecule has 0 aliphatic carbocycles. The molecular formula is C31H26Cl2N4O4S. The Morgan fingerprint density at radius 1 is 0.952 bits per heavy atom. The van der Waals surface area contributed by atoms with Crippen molar-refractivity contribution in [2.45, 2.75) is 6.54 Å². The molecule has 42 heavy (non-hydrogen) atoms. The Morgan fingerprint density at radius 3 is 2.45 bits per heavy atom. The molecule has 2 aliphatic heterocycles. The van der Waals surface area contributed by atoms with Gasteiger partial charge in [0.15, 0.2) is 0 Å². The third-order valence-electron chi connectivity index (χ3n) is 7.20. The second-order valence-corrected chi connectivity index (χ2v) is 11.7. The van der Waals surface area contributed by atoms with E-state index in [4.69, 9.17) is 27.9 Å². The Bertz CT molecular complexity index is 1710. The van der Waals surface area contributed by atoms with E-state index in [-0.39, 0.29) is 11.4 Å². The summed E-state index contributed by atoms with van der Waals surface area (Å²) in [6, 6.07) is 20.6. The number of nitrogens with one attached hydrogen (secondary N) is 1. The predicted molar refractivity (Wildman–Crippen MR) is 168 cm³/mol. The van der Waals surface area contributed by atoms with Gasteiger partial charge in [0.1, 0.15) is 6.54 Å². The maximum absolute atomic E-state index is 13.3. The van der Waals surface area contributed by atoms with E-state index in [9.17, 15) is 14.4 Å². The molecule has 0 bridgehead atoms. The lowest BCUT2D eigenvalue weighted by molar-refractivity contribution is -0.127. The smallest absolute Gasteiger partial charge is 0.294 e. The zero-order chi connectivity index (χ0) is 29.2. The van der Waals surface area contributed by atoms with Crippen molar-refractivity contribution in [2.75, 3.05) is 43.1 Å². The van der Waals surface area contributed by atoms with Gasteiger partial charge in [0.05, 0.1) is 36.0 Å². The topological polar surface area (TPSA) is 83.9 Å². The van der Waals surface area contributed by atoms with E-state index in [1.54, 1.807) is 24.3 Å². The lowest BCUT2D eigenvalue weighted by Gasteiger charge is -2.30. The van der Waals surface area contributed by atoms with Crippen LogP contribution in [0, 0.1) is 0 Å². The summed E-state index contributed by atoms with van der Waals surface area (Å²) in [7, 11) is 0. The number of benzene rings is 3. The number of ether oxygens (including phenoxy) is 1. The second kappa shape index (κ2) is 12.2. The third-order valence-corrected chi connectivity index (χ3v) is 8.82. The number of anilines is 2. The van der Waals surface area contributed by atoms with Gasteiger partial charge in [0, 0.05) is 51.4 Å². The fraction of sp³-hybridized carbons (Fsp3) is 0.194. The Balaban J connectivity index is 1.21. The van der Waals surface area contributed by atoms with Crippen LogP contribution in [0.15, 0.2) is 77.8 Å². The van der Waals surface area contributed by atoms with Gasteiger partial charge in [-0.05, 0) is 48.2 Å². The number of morpholine rings is 1. The average Bonchev–Trinajstić information content (AvgIpc) is 3.47. The Hall–Kier alpha value is -3.76. The van der Waals surface area contributed by atoms with E-state index < -0.39 is 17.1 Å². The average molecular weight is 622 g/mol. The van der Waals surface area contributed by atoms with Gasteiger partial charge in [-0.2, -0.15) is 0 Å². The fourth-order valence-electron chi connectivity index (χ4n) is 5.14. The minimum absolute atomic E-state index is 0.250. The van der Waals surface area contributed by atoms with Gasteiger partial charge in [-0.25, -0.2) is 0 Å². The highest BCUT2D eigenvalue weighted by atomic mass is 35.5. The number of rotatable bonds is 7. The fourth-order valence-corrected chi connectivity index (χ4v) is 6.49. The van der Waals surface area contributed by atoms with E-state index in [1.807, 2.05) is 59.3 Å². The number of hydrogen-bond acceptors (Lipinski definition) is 6. The molecule has 3 heterocycles. The number of imide groups is 1. The minimum Gasteiger partial charge on any atom is -0.378 e. The van der Waals surface area contributed by atoms with Gasteiger partial charge in [0.25, 0.3) is 11.1 Å². The van der Waals surface area contributed by atoms with E-state index in [1.165, 1.54) is 0 Å². The number of carbonyl (C=O) groups is 3. The van der Waals surface area contributed by atoms with Crippen LogP contribution < -0.4 is 10.2 Å². The summed E-state index contributed by atoms with van der Waals surface area (Å²) in [6.07, 6.45) is 3.61. The first kappa shape index (κ1) is 28.4. The molecule has 2 aliphatic rings. The lowest BCUT2D eigenvalue weighted by Crippen LogP contribution is -2.38. The van der Waals surface area contributed by atoms with Crippen molar-refractivity contribution in [3.05, 3.63) is 99.0 Å². The maximum atomic E-state index is 13.3. The summed E-state index contributed by atoms with van der Waals surface area (Å²) in [4.78, 5) is 42.6. The molecule has 0 atom stereocenters. The van der Waals surface area contributed by atoms with Crippen molar-refractivity contribution in [1.82, 2.24) is 9.47 Å². The highest BCUT2D eigenvalue weighted by Gasteiger charge is 2.36. The highest BCUT2D eigenvalue weighted by Crippen LogP contribution is 2.35. The van der Waals surface area contributed by atoms with Crippen molar-refractivity contribution >= 4 is 80.4 Å². The SMILES string of the molecule is O=C(CN1C(=O)S/C(=C\c2cn(Cc3c(Cl)cccc3Cl)c3ccccc23)C1=O)Nc1ccccc1N1CCOCC1. The standard InChI is InChI=1S/C31H26Cl2N4O4S/c32-23-7-5-8-24(33)22(23)18-36-17-20(21-6-1-3-10-26(21)36)16-28-30(39)37(31(40)42-28)19-29(38)34-25-9-2-4-11-27(25)35-12-14-41-15-13-35/h1-11,16-17H,12-15,18-19H2,(H,34,38)/b28-16-. The van der Waals surface area contributed by atoms with Crippen LogP contribution >= 0.6 is 35.0 Å². The first-order valence-corrected chi connectivity index (χ1v) is 14.9. The van der Waals surface area contributed by atoms with Crippen LogP contribution in [0.25, 0.3) is 17.0 Å². The van der Waals surface area contributed by atoms with Gasteiger partial charge in [-0.1, -0.05) is 59.6 Å². The molecule has 2 saturated heterocycles. The van der Waals surface area contributed by atoms with Crippen LogP contribution in [0.1, 0.15) is 11.1 Å². The summed E-state index contributed by atoms with van der Waals surface area (Å²) < 4.78 is 7.45. The number of nitrogens with zero attached hydrogens (tertiary/aromatic N) is 3. The van der Waals surface area contributed by atoms with Crippen molar-refractivity contribution in [2.24, 2.45) is 0 Å². The summed E-state index contributed by atoms with van der Waals surface area (Å²) in [5.74, 6) is -0.958. The number of para-hydroxylation sites is 3. The number of hydrogen-bond donors (Lipinski definition) is 1. The van der Waals surface area contributed by atoms with Crippen molar-refractivity contribution in [1.29, 1.82) is 0 Å². The molecule has 6 rings (SSSR count). The normalized spacial score (nSPS) is 16.6. The first-order chi connectivity index (χ1) is 20.4. The number of halogens is 2. The van der Waals surface area contributed by atoms with Crippen molar-refractivity contribution in [3.63, 3.8) is 0 Å². The zero-order valence-corrected chi connectivity index (χ0v) is 24.7. The van der Waals surface area contributed by atoms with E-state index in [0.717, 1.165) is 44.4 Å². The van der Waals surface area contributed by atoms with Gasteiger partial charge in [-0.15, -0.1) is 0 Å². The molecule has 1 N–H and O–H groups in total. The van der Waals surface area contributed by atoms with Crippen molar-refractivity contribution in [3.8, 4) is 0 Å².